The summed E-state index contributed by atoms with van der Waals surface area (Å²) in [7, 11) is 1.58. The zero-order valence-corrected chi connectivity index (χ0v) is 12.1. The van der Waals surface area contributed by atoms with Crippen molar-refractivity contribution in [1.29, 1.82) is 0 Å². The number of carbonyl (C=O) groups is 1. The van der Waals surface area contributed by atoms with Crippen LogP contribution in [-0.2, 0) is 0 Å². The van der Waals surface area contributed by atoms with Gasteiger partial charge >= 0.3 is 0 Å². The molecule has 0 radical (unpaired) electrons. The van der Waals surface area contributed by atoms with Crippen LogP contribution < -0.4 is 4.74 Å². The molecule has 2 aromatic rings. The molecule has 0 bridgehead atoms. The van der Waals surface area contributed by atoms with Gasteiger partial charge in [0.15, 0.2) is 5.78 Å². The Kier molecular flexibility index (Phi) is 4.53. The highest BCUT2D eigenvalue weighted by Gasteiger charge is 2.02. The highest BCUT2D eigenvalue weighted by atomic mass is 79.9. The van der Waals surface area contributed by atoms with Gasteiger partial charge in [0.05, 0.1) is 7.11 Å². The van der Waals surface area contributed by atoms with Gasteiger partial charge in [0.1, 0.15) is 5.75 Å². The maximum atomic E-state index is 12.0. The fraction of sp³-hybridized carbons (Fsp3) is 0.0625. The quantitative estimate of drug-likeness (QED) is 0.619. The van der Waals surface area contributed by atoms with E-state index >= 15 is 0 Å². The van der Waals surface area contributed by atoms with Gasteiger partial charge < -0.3 is 4.74 Å². The van der Waals surface area contributed by atoms with Gasteiger partial charge in [-0.15, -0.1) is 0 Å². The number of carbonyl (C=O) groups excluding carboxylic acids is 1. The normalized spacial score (nSPS) is 10.6. The van der Waals surface area contributed by atoms with E-state index in [0.29, 0.717) is 11.3 Å². The zero-order valence-electron chi connectivity index (χ0n) is 10.5. The van der Waals surface area contributed by atoms with Crippen LogP contribution in [0.15, 0.2) is 59.1 Å². The molecule has 3 heteroatoms. The minimum absolute atomic E-state index is 0.0400. The van der Waals surface area contributed by atoms with Crippen molar-refractivity contribution in [3.63, 3.8) is 0 Å². The highest BCUT2D eigenvalue weighted by molar-refractivity contribution is 9.10. The van der Waals surface area contributed by atoms with Crippen LogP contribution in [0.2, 0.25) is 0 Å². The molecule has 0 atom stereocenters. The van der Waals surface area contributed by atoms with E-state index < -0.39 is 0 Å². The van der Waals surface area contributed by atoms with Gasteiger partial charge in [0.25, 0.3) is 0 Å². The van der Waals surface area contributed by atoms with Crippen LogP contribution in [0.5, 0.6) is 5.75 Å². The lowest BCUT2D eigenvalue weighted by Gasteiger charge is -2.01. The first-order valence-corrected chi connectivity index (χ1v) is 6.60. The largest absolute Gasteiger partial charge is 0.497 e. The standard InChI is InChI=1S/C16H13BrO2/c1-19-15-4-2-3-13(11-15)16(18)10-7-12-5-8-14(17)9-6-12/h2-11H,1H3/b10-7+. The summed E-state index contributed by atoms with van der Waals surface area (Å²) in [5.41, 5.74) is 1.60. The number of benzene rings is 2. The fourth-order valence-corrected chi connectivity index (χ4v) is 1.88. The van der Waals surface area contributed by atoms with E-state index in [9.17, 15) is 4.79 Å². The number of ether oxygens (including phenoxy) is 1. The van der Waals surface area contributed by atoms with E-state index in [1.807, 2.05) is 30.3 Å². The molecular weight excluding hydrogens is 304 g/mol. The molecule has 0 aliphatic carbocycles. The van der Waals surface area contributed by atoms with Crippen molar-refractivity contribution in [3.05, 3.63) is 70.2 Å². The summed E-state index contributed by atoms with van der Waals surface area (Å²) < 4.78 is 6.12. The summed E-state index contributed by atoms with van der Waals surface area (Å²) in [6.45, 7) is 0. The maximum absolute atomic E-state index is 12.0. The third-order valence-electron chi connectivity index (χ3n) is 2.65. The zero-order chi connectivity index (χ0) is 13.7. The van der Waals surface area contributed by atoms with Crippen molar-refractivity contribution in [2.75, 3.05) is 7.11 Å². The molecule has 2 nitrogen and oxygen atoms in total. The summed E-state index contributed by atoms with van der Waals surface area (Å²) in [5.74, 6) is 0.643. The molecule has 0 N–H and O–H groups in total. The van der Waals surface area contributed by atoms with Crippen molar-refractivity contribution >= 4 is 27.8 Å². The number of hydrogen-bond acceptors (Lipinski definition) is 2. The summed E-state index contributed by atoms with van der Waals surface area (Å²) in [5, 5.41) is 0. The molecule has 2 rings (SSSR count). The van der Waals surface area contributed by atoms with Crippen LogP contribution in [-0.4, -0.2) is 12.9 Å². The Hall–Kier alpha value is -1.87. The van der Waals surface area contributed by atoms with Crippen molar-refractivity contribution in [3.8, 4) is 5.75 Å². The predicted octanol–water partition coefficient (Wildman–Crippen LogP) is 4.35. The molecule has 0 amide bonds. The van der Waals surface area contributed by atoms with E-state index in [1.54, 1.807) is 37.5 Å². The number of methoxy groups -OCH3 is 1. The van der Waals surface area contributed by atoms with Crippen LogP contribution in [0.4, 0.5) is 0 Å². The smallest absolute Gasteiger partial charge is 0.185 e. The van der Waals surface area contributed by atoms with Crippen LogP contribution in [0.3, 0.4) is 0 Å². The van der Waals surface area contributed by atoms with Crippen molar-refractivity contribution in [2.24, 2.45) is 0 Å². The second-order valence-electron chi connectivity index (χ2n) is 3.98. The van der Waals surface area contributed by atoms with E-state index in [0.717, 1.165) is 10.0 Å². The Labute approximate surface area is 120 Å². The molecular formula is C16H13BrO2. The number of rotatable bonds is 4. The Bertz CT molecular complexity index is 600. The number of allylic oxidation sites excluding steroid dienone is 1. The summed E-state index contributed by atoms with van der Waals surface area (Å²) >= 11 is 3.37. The first kappa shape index (κ1) is 13.6. The average molecular weight is 317 g/mol. The SMILES string of the molecule is COc1cccc(C(=O)/C=C/c2ccc(Br)cc2)c1. The van der Waals surface area contributed by atoms with Gasteiger partial charge in [0.2, 0.25) is 0 Å². The molecule has 0 unspecified atom stereocenters. The topological polar surface area (TPSA) is 26.3 Å². The Morgan fingerprint density at radius 1 is 1.16 bits per heavy atom. The average Bonchev–Trinajstić information content (AvgIpc) is 2.46. The second kappa shape index (κ2) is 6.34. The fourth-order valence-electron chi connectivity index (χ4n) is 1.62. The second-order valence-corrected chi connectivity index (χ2v) is 4.90. The molecule has 2 aromatic carbocycles. The first-order valence-electron chi connectivity index (χ1n) is 5.81. The van der Waals surface area contributed by atoms with E-state index in [-0.39, 0.29) is 5.78 Å². The van der Waals surface area contributed by atoms with Crippen LogP contribution in [0.25, 0.3) is 6.08 Å². The van der Waals surface area contributed by atoms with Gasteiger partial charge in [-0.1, -0.05) is 46.3 Å². The third-order valence-corrected chi connectivity index (χ3v) is 3.18. The lowest BCUT2D eigenvalue weighted by Crippen LogP contribution is -1.94. The van der Waals surface area contributed by atoms with E-state index in [2.05, 4.69) is 15.9 Å². The molecule has 0 aliphatic heterocycles. The molecule has 0 spiro atoms. The van der Waals surface area contributed by atoms with Gasteiger partial charge in [-0.3, -0.25) is 4.79 Å². The summed E-state index contributed by atoms with van der Waals surface area (Å²) in [6.07, 6.45) is 3.37. The molecule has 0 aromatic heterocycles. The molecule has 0 saturated carbocycles. The van der Waals surface area contributed by atoms with Crippen molar-refractivity contribution < 1.29 is 9.53 Å². The van der Waals surface area contributed by atoms with Gasteiger partial charge in [-0.2, -0.15) is 0 Å². The number of halogens is 1. The predicted molar refractivity (Wildman–Crippen MR) is 80.5 cm³/mol. The summed E-state index contributed by atoms with van der Waals surface area (Å²) in [4.78, 5) is 12.0. The number of hydrogen-bond donors (Lipinski definition) is 0. The van der Waals surface area contributed by atoms with Gasteiger partial charge in [-0.25, -0.2) is 0 Å². The van der Waals surface area contributed by atoms with Gasteiger partial charge in [-0.05, 0) is 35.9 Å². The molecule has 96 valence electrons. The lowest BCUT2D eigenvalue weighted by atomic mass is 10.1. The maximum Gasteiger partial charge on any atom is 0.185 e. The molecule has 19 heavy (non-hydrogen) atoms. The van der Waals surface area contributed by atoms with Crippen LogP contribution in [0.1, 0.15) is 15.9 Å². The Morgan fingerprint density at radius 3 is 2.58 bits per heavy atom. The van der Waals surface area contributed by atoms with Gasteiger partial charge in [0, 0.05) is 10.0 Å². The van der Waals surface area contributed by atoms with Crippen LogP contribution >= 0.6 is 15.9 Å². The Balaban J connectivity index is 2.13. The summed E-state index contributed by atoms with van der Waals surface area (Å²) in [6, 6.07) is 14.9. The minimum atomic E-state index is -0.0400. The monoisotopic (exact) mass is 316 g/mol. The third kappa shape index (κ3) is 3.80. The van der Waals surface area contributed by atoms with E-state index in [4.69, 9.17) is 4.74 Å². The lowest BCUT2D eigenvalue weighted by molar-refractivity contribution is 0.104. The Morgan fingerprint density at radius 2 is 1.89 bits per heavy atom. The first-order chi connectivity index (χ1) is 9.19. The molecule has 0 heterocycles. The highest BCUT2D eigenvalue weighted by Crippen LogP contribution is 2.15. The number of ketones is 1. The minimum Gasteiger partial charge on any atom is -0.497 e. The molecule has 0 aliphatic rings. The van der Waals surface area contributed by atoms with Crippen molar-refractivity contribution in [1.82, 2.24) is 0 Å². The molecule has 0 fully saturated rings. The van der Waals surface area contributed by atoms with E-state index in [1.165, 1.54) is 0 Å². The van der Waals surface area contributed by atoms with Crippen molar-refractivity contribution in [2.45, 2.75) is 0 Å². The molecule has 0 saturated heterocycles. The van der Waals surface area contributed by atoms with Crippen LogP contribution in [0, 0.1) is 0 Å².